The van der Waals surface area contributed by atoms with Gasteiger partial charge in [-0.1, -0.05) is 30.3 Å². The normalized spacial score (nSPS) is 13.6. The van der Waals surface area contributed by atoms with Crippen LogP contribution in [0.15, 0.2) is 67.0 Å². The molecule has 1 amide bonds. The minimum Gasteiger partial charge on any atom is -0.355 e. The maximum Gasteiger partial charge on any atom is 0.234 e. The Labute approximate surface area is 170 Å². The highest BCUT2D eigenvalue weighted by Crippen LogP contribution is 2.28. The Morgan fingerprint density at radius 3 is 2.72 bits per heavy atom. The summed E-state index contributed by atoms with van der Waals surface area (Å²) in [5.74, 6) is -0.234. The highest BCUT2D eigenvalue weighted by atomic mass is 19.1. The molecule has 3 aromatic rings. The van der Waals surface area contributed by atoms with Gasteiger partial charge in [0.1, 0.15) is 5.82 Å². The second kappa shape index (κ2) is 9.01. The van der Waals surface area contributed by atoms with Crippen LogP contribution in [0.25, 0.3) is 5.69 Å². The first-order valence-electron chi connectivity index (χ1n) is 10.0. The predicted octanol–water partition coefficient (Wildman–Crippen LogP) is 3.33. The Balaban J connectivity index is 1.25. The van der Waals surface area contributed by atoms with Crippen LogP contribution in [0.3, 0.4) is 0 Å². The molecule has 0 radical (unpaired) electrons. The zero-order chi connectivity index (χ0) is 20.1. The number of nitrogens with zero attached hydrogens (tertiary/aromatic N) is 3. The van der Waals surface area contributed by atoms with Gasteiger partial charge in [-0.3, -0.25) is 9.69 Å². The van der Waals surface area contributed by atoms with Crippen molar-refractivity contribution in [1.82, 2.24) is 20.0 Å². The van der Waals surface area contributed by atoms with E-state index in [1.54, 1.807) is 6.07 Å². The van der Waals surface area contributed by atoms with Gasteiger partial charge < -0.3 is 5.32 Å². The maximum absolute atomic E-state index is 13.4. The molecule has 1 aliphatic rings. The highest BCUT2D eigenvalue weighted by molar-refractivity contribution is 5.78. The molecule has 1 saturated carbocycles. The largest absolute Gasteiger partial charge is 0.355 e. The van der Waals surface area contributed by atoms with Crippen LogP contribution in [0, 0.1) is 5.82 Å². The monoisotopic (exact) mass is 392 g/mol. The van der Waals surface area contributed by atoms with E-state index in [0.717, 1.165) is 36.1 Å². The van der Waals surface area contributed by atoms with Crippen LogP contribution in [0.2, 0.25) is 0 Å². The van der Waals surface area contributed by atoms with E-state index in [2.05, 4.69) is 15.3 Å². The smallest absolute Gasteiger partial charge is 0.234 e. The van der Waals surface area contributed by atoms with E-state index in [4.69, 9.17) is 0 Å². The third kappa shape index (κ3) is 5.51. The third-order valence-corrected chi connectivity index (χ3v) is 5.08. The van der Waals surface area contributed by atoms with Gasteiger partial charge in [-0.25, -0.2) is 9.07 Å². The van der Waals surface area contributed by atoms with Crippen molar-refractivity contribution in [1.29, 1.82) is 0 Å². The molecule has 0 saturated heterocycles. The summed E-state index contributed by atoms with van der Waals surface area (Å²) in [6, 6.07) is 17.0. The van der Waals surface area contributed by atoms with Crippen molar-refractivity contribution in [2.24, 2.45) is 0 Å². The fourth-order valence-electron chi connectivity index (χ4n) is 3.42. The number of carbonyl (C=O) groups excluding carboxylic acids is 1. The van der Waals surface area contributed by atoms with Crippen molar-refractivity contribution in [3.8, 4) is 5.69 Å². The summed E-state index contributed by atoms with van der Waals surface area (Å²) in [4.78, 5) is 14.5. The minimum absolute atomic E-state index is 0.00348. The lowest BCUT2D eigenvalue weighted by Gasteiger charge is -2.21. The fourth-order valence-corrected chi connectivity index (χ4v) is 3.42. The standard InChI is InChI=1S/C23H25FN4O/c24-20-6-4-5-18(13-20)15-27(21-9-10-21)17-23(29)25-12-11-19-14-26-28(16-19)22-7-2-1-3-8-22/h1-8,13-14,16,21H,9-12,15,17H2,(H,25,29). The van der Waals surface area contributed by atoms with Gasteiger partial charge in [0.15, 0.2) is 0 Å². The van der Waals surface area contributed by atoms with Crippen molar-refractivity contribution in [3.63, 3.8) is 0 Å². The molecule has 0 spiro atoms. The molecule has 6 heteroatoms. The lowest BCUT2D eigenvalue weighted by molar-refractivity contribution is -0.122. The molecule has 0 aliphatic heterocycles. The molecule has 1 aromatic heterocycles. The van der Waals surface area contributed by atoms with Crippen LogP contribution in [0.4, 0.5) is 4.39 Å². The van der Waals surface area contributed by atoms with Gasteiger partial charge in [-0.05, 0) is 54.7 Å². The van der Waals surface area contributed by atoms with Crippen molar-refractivity contribution < 1.29 is 9.18 Å². The summed E-state index contributed by atoms with van der Waals surface area (Å²) < 4.78 is 15.3. The third-order valence-electron chi connectivity index (χ3n) is 5.08. The summed E-state index contributed by atoms with van der Waals surface area (Å²) >= 11 is 0. The van der Waals surface area contributed by atoms with E-state index >= 15 is 0 Å². The molecular formula is C23H25FN4O. The summed E-state index contributed by atoms with van der Waals surface area (Å²) in [5.41, 5.74) is 2.99. The van der Waals surface area contributed by atoms with Gasteiger partial charge in [-0.15, -0.1) is 0 Å². The molecular weight excluding hydrogens is 367 g/mol. The molecule has 1 aliphatic carbocycles. The Morgan fingerprint density at radius 1 is 1.14 bits per heavy atom. The minimum atomic E-state index is -0.237. The van der Waals surface area contributed by atoms with Gasteiger partial charge >= 0.3 is 0 Å². The first kappa shape index (κ1) is 19.3. The molecule has 150 valence electrons. The van der Waals surface area contributed by atoms with Crippen molar-refractivity contribution in [3.05, 3.63) is 83.9 Å². The quantitative estimate of drug-likeness (QED) is 0.608. The SMILES string of the molecule is O=C(CN(Cc1cccc(F)c1)C1CC1)NCCc1cnn(-c2ccccc2)c1. The first-order valence-corrected chi connectivity index (χ1v) is 10.0. The van der Waals surface area contributed by atoms with Gasteiger partial charge in [0.2, 0.25) is 5.91 Å². The lowest BCUT2D eigenvalue weighted by atomic mass is 10.2. The first-order chi connectivity index (χ1) is 14.2. The van der Waals surface area contributed by atoms with Gasteiger partial charge in [0.25, 0.3) is 0 Å². The summed E-state index contributed by atoms with van der Waals surface area (Å²) in [6.07, 6.45) is 6.75. The Bertz CT molecular complexity index is 952. The molecule has 29 heavy (non-hydrogen) atoms. The average molecular weight is 392 g/mol. The molecule has 1 fully saturated rings. The van der Waals surface area contributed by atoms with Crippen LogP contribution in [0.5, 0.6) is 0 Å². The molecule has 4 rings (SSSR count). The van der Waals surface area contributed by atoms with Gasteiger partial charge in [-0.2, -0.15) is 5.10 Å². The molecule has 1 heterocycles. The highest BCUT2D eigenvalue weighted by Gasteiger charge is 2.30. The van der Waals surface area contributed by atoms with E-state index in [1.807, 2.05) is 53.5 Å². The zero-order valence-corrected chi connectivity index (χ0v) is 16.3. The number of para-hydroxylation sites is 1. The molecule has 0 unspecified atom stereocenters. The lowest BCUT2D eigenvalue weighted by Crippen LogP contribution is -2.38. The van der Waals surface area contributed by atoms with Crippen LogP contribution < -0.4 is 5.32 Å². The van der Waals surface area contributed by atoms with Crippen molar-refractivity contribution in [2.75, 3.05) is 13.1 Å². The Hall–Kier alpha value is -2.99. The van der Waals surface area contributed by atoms with E-state index in [9.17, 15) is 9.18 Å². The van der Waals surface area contributed by atoms with Crippen LogP contribution in [0.1, 0.15) is 24.0 Å². The Kier molecular flexibility index (Phi) is 6.00. The second-order valence-corrected chi connectivity index (χ2v) is 7.49. The number of benzene rings is 2. The van der Waals surface area contributed by atoms with E-state index in [1.165, 1.54) is 12.1 Å². The van der Waals surface area contributed by atoms with Crippen LogP contribution >= 0.6 is 0 Å². The zero-order valence-electron chi connectivity index (χ0n) is 16.3. The predicted molar refractivity (Wildman–Crippen MR) is 110 cm³/mol. The number of rotatable bonds is 9. The number of aromatic nitrogens is 2. The number of hydrogen-bond donors (Lipinski definition) is 1. The van der Waals surface area contributed by atoms with E-state index in [0.29, 0.717) is 25.7 Å². The number of carbonyl (C=O) groups is 1. The fraction of sp³-hybridized carbons (Fsp3) is 0.304. The summed E-state index contributed by atoms with van der Waals surface area (Å²) in [6.45, 7) is 1.50. The van der Waals surface area contributed by atoms with Gasteiger partial charge in [0, 0.05) is 25.3 Å². The molecule has 0 atom stereocenters. The second-order valence-electron chi connectivity index (χ2n) is 7.49. The van der Waals surface area contributed by atoms with E-state index in [-0.39, 0.29) is 11.7 Å². The van der Waals surface area contributed by atoms with Crippen molar-refractivity contribution in [2.45, 2.75) is 31.8 Å². The van der Waals surface area contributed by atoms with E-state index < -0.39 is 0 Å². The topological polar surface area (TPSA) is 50.2 Å². The van der Waals surface area contributed by atoms with Crippen molar-refractivity contribution >= 4 is 5.91 Å². The molecule has 0 bridgehead atoms. The average Bonchev–Trinajstić information content (AvgIpc) is 3.47. The molecule has 1 N–H and O–H groups in total. The summed E-state index contributed by atoms with van der Waals surface area (Å²) in [5, 5.41) is 7.38. The number of halogens is 1. The van der Waals surface area contributed by atoms with Gasteiger partial charge in [0.05, 0.1) is 18.4 Å². The molecule has 5 nitrogen and oxygen atoms in total. The molecule has 2 aromatic carbocycles. The Morgan fingerprint density at radius 2 is 1.97 bits per heavy atom. The van der Waals surface area contributed by atoms with Crippen LogP contribution in [-0.2, 0) is 17.8 Å². The maximum atomic E-state index is 13.4. The number of nitrogens with one attached hydrogen (secondary N) is 1. The number of amides is 1. The van der Waals surface area contributed by atoms with Crippen LogP contribution in [-0.4, -0.2) is 39.7 Å². The summed E-state index contributed by atoms with van der Waals surface area (Å²) in [7, 11) is 0. The number of hydrogen-bond acceptors (Lipinski definition) is 3.